The molecule has 0 unspecified atom stereocenters. The number of aromatic nitrogens is 2. The zero-order valence-corrected chi connectivity index (χ0v) is 23.6. The number of hydrogen-bond donors (Lipinski definition) is 3. The number of benzene rings is 2. The molecular weight excluding hydrogens is 508 g/mol. The number of methoxy groups -OCH3 is 1. The number of hydrogen-bond acceptors (Lipinski definition) is 7. The van der Waals surface area contributed by atoms with Crippen LogP contribution in [0.2, 0.25) is 0 Å². The maximum atomic E-state index is 13.9. The van der Waals surface area contributed by atoms with E-state index in [9.17, 15) is 9.59 Å². The van der Waals surface area contributed by atoms with E-state index in [0.29, 0.717) is 36.6 Å². The van der Waals surface area contributed by atoms with E-state index in [-0.39, 0.29) is 24.5 Å². The predicted octanol–water partition coefficient (Wildman–Crippen LogP) is 3.05. The SMILES string of the molecule is CCOc1cc2c(cc1OC)-c1cc(=Nc3c(C)cc(C)cc3C)n(CCNC(=O)/C(N)=C/C=N)c(=O)n1CC2. The summed E-state index contributed by atoms with van der Waals surface area (Å²) in [7, 11) is 1.60. The van der Waals surface area contributed by atoms with Gasteiger partial charge in [0.25, 0.3) is 5.91 Å². The van der Waals surface area contributed by atoms with Crippen molar-refractivity contribution in [3.05, 3.63) is 80.3 Å². The molecule has 0 fully saturated rings. The number of allylic oxidation sites excluding steroid dienone is 1. The Morgan fingerprint density at radius 2 is 1.88 bits per heavy atom. The van der Waals surface area contributed by atoms with Gasteiger partial charge in [0.15, 0.2) is 11.5 Å². The third kappa shape index (κ3) is 5.70. The highest BCUT2D eigenvalue weighted by molar-refractivity contribution is 5.95. The van der Waals surface area contributed by atoms with E-state index in [1.807, 2.05) is 45.9 Å². The summed E-state index contributed by atoms with van der Waals surface area (Å²) in [5.74, 6) is 0.769. The molecule has 0 atom stereocenters. The van der Waals surface area contributed by atoms with Gasteiger partial charge in [-0.2, -0.15) is 0 Å². The van der Waals surface area contributed by atoms with Gasteiger partial charge in [0, 0.05) is 37.5 Å². The highest BCUT2D eigenvalue weighted by Gasteiger charge is 2.22. The standard InChI is InChI=1S/C30H36N6O4/c1-6-40-26-15-21-8-11-35-24(22(21)16-25(26)39-5)17-27(34-28-19(3)13-18(2)14-20(28)4)36(30(35)38)12-10-33-29(37)23(32)7-9-31/h7,9,13-17,31H,6,8,10-12,32H2,1-5H3,(H,33,37)/b23-7-,31-9?,34-27?. The molecule has 210 valence electrons. The summed E-state index contributed by atoms with van der Waals surface area (Å²) in [5, 5.41) is 9.83. The third-order valence-corrected chi connectivity index (χ3v) is 6.87. The number of ether oxygens (including phenoxy) is 2. The maximum absolute atomic E-state index is 13.9. The fourth-order valence-electron chi connectivity index (χ4n) is 5.09. The fourth-order valence-corrected chi connectivity index (χ4v) is 5.09. The summed E-state index contributed by atoms with van der Waals surface area (Å²) in [6.45, 7) is 9.32. The first kappa shape index (κ1) is 28.4. The molecule has 0 spiro atoms. The van der Waals surface area contributed by atoms with E-state index in [1.54, 1.807) is 16.2 Å². The van der Waals surface area contributed by atoms with Crippen molar-refractivity contribution in [1.29, 1.82) is 5.41 Å². The molecule has 4 N–H and O–H groups in total. The minimum atomic E-state index is -0.503. The largest absolute Gasteiger partial charge is 0.493 e. The van der Waals surface area contributed by atoms with Crippen LogP contribution in [0.4, 0.5) is 5.69 Å². The molecule has 0 saturated carbocycles. The average molecular weight is 545 g/mol. The van der Waals surface area contributed by atoms with E-state index in [0.717, 1.165) is 45.4 Å². The number of carbonyl (C=O) groups is 1. The molecule has 0 bridgehead atoms. The summed E-state index contributed by atoms with van der Waals surface area (Å²) in [5.41, 5.74) is 12.5. The zero-order valence-electron chi connectivity index (χ0n) is 23.6. The molecule has 0 aliphatic carbocycles. The second kappa shape index (κ2) is 12.1. The molecular formula is C30H36N6O4. The van der Waals surface area contributed by atoms with E-state index < -0.39 is 5.91 Å². The summed E-state index contributed by atoms with van der Waals surface area (Å²) in [6.07, 6.45) is 2.82. The van der Waals surface area contributed by atoms with Crippen LogP contribution in [0.1, 0.15) is 29.2 Å². The number of carbonyl (C=O) groups excluding carboxylic acids is 1. The summed E-state index contributed by atoms with van der Waals surface area (Å²) < 4.78 is 14.7. The molecule has 0 radical (unpaired) electrons. The van der Waals surface area contributed by atoms with Gasteiger partial charge in [-0.1, -0.05) is 17.7 Å². The van der Waals surface area contributed by atoms with Crippen molar-refractivity contribution in [2.75, 3.05) is 20.3 Å². The Kier molecular flexibility index (Phi) is 8.57. The van der Waals surface area contributed by atoms with Crippen LogP contribution in [-0.4, -0.2) is 41.5 Å². The van der Waals surface area contributed by atoms with Crippen molar-refractivity contribution in [1.82, 2.24) is 14.5 Å². The van der Waals surface area contributed by atoms with Crippen LogP contribution in [0.25, 0.3) is 11.3 Å². The van der Waals surface area contributed by atoms with Gasteiger partial charge in [-0.25, -0.2) is 9.79 Å². The lowest BCUT2D eigenvalue weighted by molar-refractivity contribution is -0.117. The molecule has 2 heterocycles. The number of nitrogens with one attached hydrogen (secondary N) is 2. The molecule has 0 saturated heterocycles. The Morgan fingerprint density at radius 3 is 2.52 bits per heavy atom. The Hall–Kier alpha value is -4.60. The highest BCUT2D eigenvalue weighted by Crippen LogP contribution is 2.37. The van der Waals surface area contributed by atoms with Gasteiger partial charge in [-0.05, 0) is 69.0 Å². The zero-order chi connectivity index (χ0) is 29.0. The minimum absolute atomic E-state index is 0.0741. The molecule has 40 heavy (non-hydrogen) atoms. The van der Waals surface area contributed by atoms with Crippen molar-refractivity contribution in [2.45, 2.75) is 47.2 Å². The molecule has 10 nitrogen and oxygen atoms in total. The quantitative estimate of drug-likeness (QED) is 0.281. The van der Waals surface area contributed by atoms with E-state index >= 15 is 0 Å². The second-order valence-corrected chi connectivity index (χ2v) is 9.72. The number of nitrogens with zero attached hydrogens (tertiary/aromatic N) is 3. The first-order chi connectivity index (χ1) is 19.2. The van der Waals surface area contributed by atoms with Gasteiger partial charge in [0.05, 0.1) is 30.8 Å². The Balaban J connectivity index is 1.89. The fraction of sp³-hybridized carbons (Fsp3) is 0.333. The molecule has 1 aliphatic heterocycles. The Morgan fingerprint density at radius 1 is 1.15 bits per heavy atom. The van der Waals surface area contributed by atoms with Crippen LogP contribution in [-0.2, 0) is 24.3 Å². The van der Waals surface area contributed by atoms with Gasteiger partial charge >= 0.3 is 5.69 Å². The lowest BCUT2D eigenvalue weighted by Gasteiger charge is -2.25. The number of fused-ring (bicyclic) bond motifs is 3. The number of rotatable bonds is 9. The molecule has 3 aromatic rings. The third-order valence-electron chi connectivity index (χ3n) is 6.87. The predicted molar refractivity (Wildman–Crippen MR) is 155 cm³/mol. The molecule has 4 rings (SSSR count). The molecule has 1 aromatic heterocycles. The topological polar surface area (TPSA) is 137 Å². The average Bonchev–Trinajstić information content (AvgIpc) is 2.91. The van der Waals surface area contributed by atoms with Crippen molar-refractivity contribution in [2.24, 2.45) is 10.7 Å². The van der Waals surface area contributed by atoms with Crippen LogP contribution in [0.5, 0.6) is 11.5 Å². The van der Waals surface area contributed by atoms with Gasteiger partial charge in [-0.3, -0.25) is 13.9 Å². The van der Waals surface area contributed by atoms with Crippen molar-refractivity contribution >= 4 is 17.8 Å². The van der Waals surface area contributed by atoms with Gasteiger partial charge in [0.2, 0.25) is 0 Å². The van der Waals surface area contributed by atoms with Crippen molar-refractivity contribution in [3.63, 3.8) is 0 Å². The minimum Gasteiger partial charge on any atom is -0.493 e. The van der Waals surface area contributed by atoms with Gasteiger partial charge < -0.3 is 25.9 Å². The highest BCUT2D eigenvalue weighted by atomic mass is 16.5. The summed E-state index contributed by atoms with van der Waals surface area (Å²) in [4.78, 5) is 31.2. The maximum Gasteiger partial charge on any atom is 0.330 e. The van der Waals surface area contributed by atoms with Gasteiger partial charge in [0.1, 0.15) is 5.49 Å². The normalized spacial score (nSPS) is 12.9. The van der Waals surface area contributed by atoms with Crippen LogP contribution >= 0.6 is 0 Å². The second-order valence-electron chi connectivity index (χ2n) is 9.72. The molecule has 10 heteroatoms. The summed E-state index contributed by atoms with van der Waals surface area (Å²) in [6, 6.07) is 9.95. The van der Waals surface area contributed by atoms with Crippen LogP contribution < -0.4 is 31.7 Å². The number of nitrogens with two attached hydrogens (primary N) is 1. The monoisotopic (exact) mass is 544 g/mol. The Bertz CT molecular complexity index is 1610. The van der Waals surface area contributed by atoms with Crippen LogP contribution in [0, 0.1) is 26.2 Å². The summed E-state index contributed by atoms with van der Waals surface area (Å²) >= 11 is 0. The van der Waals surface area contributed by atoms with Crippen LogP contribution in [0.15, 0.2) is 51.9 Å². The first-order valence-corrected chi connectivity index (χ1v) is 13.2. The lowest BCUT2D eigenvalue weighted by Crippen LogP contribution is -2.44. The molecule has 2 aromatic carbocycles. The lowest BCUT2D eigenvalue weighted by atomic mass is 9.97. The number of amides is 1. The Labute approximate surface area is 233 Å². The van der Waals surface area contributed by atoms with E-state index in [4.69, 9.17) is 25.6 Å². The van der Waals surface area contributed by atoms with Crippen molar-refractivity contribution < 1.29 is 14.3 Å². The van der Waals surface area contributed by atoms with Gasteiger partial charge in [-0.15, -0.1) is 0 Å². The first-order valence-electron chi connectivity index (χ1n) is 13.2. The smallest absolute Gasteiger partial charge is 0.330 e. The molecule has 1 aliphatic rings. The van der Waals surface area contributed by atoms with Crippen molar-refractivity contribution in [3.8, 4) is 22.8 Å². The van der Waals surface area contributed by atoms with Crippen LogP contribution in [0.3, 0.4) is 0 Å². The molecule has 1 amide bonds. The van der Waals surface area contributed by atoms with E-state index in [1.165, 1.54) is 6.08 Å². The van der Waals surface area contributed by atoms with E-state index in [2.05, 4.69) is 17.4 Å². The number of aryl methyl sites for hydroxylation is 4.